The van der Waals surface area contributed by atoms with Crippen molar-refractivity contribution < 1.29 is 12.6 Å². The van der Waals surface area contributed by atoms with Crippen LogP contribution in [0.4, 0.5) is 0 Å². The van der Waals surface area contributed by atoms with Gasteiger partial charge >= 0.3 is 11.4 Å². The summed E-state index contributed by atoms with van der Waals surface area (Å²) in [5.74, 6) is 0.224. The van der Waals surface area contributed by atoms with Crippen LogP contribution in [0, 0.1) is 5.92 Å². The van der Waals surface area contributed by atoms with E-state index >= 15 is 0 Å². The van der Waals surface area contributed by atoms with Gasteiger partial charge in [-0.3, -0.25) is 8.37 Å². The molecule has 3 nitrogen and oxygen atoms in total. The van der Waals surface area contributed by atoms with Crippen molar-refractivity contribution >= 4 is 11.4 Å². The van der Waals surface area contributed by atoms with E-state index in [1.54, 1.807) is 0 Å². The van der Waals surface area contributed by atoms with Crippen LogP contribution in [0.3, 0.4) is 0 Å². The van der Waals surface area contributed by atoms with Crippen molar-refractivity contribution in [3.05, 3.63) is 24.3 Å². The monoisotopic (exact) mass is 200 g/mol. The first kappa shape index (κ1) is 9.12. The largest absolute Gasteiger partial charge is 0.305 e. The Balaban J connectivity index is 2.25. The molecule has 1 fully saturated rings. The maximum absolute atomic E-state index is 11.0. The minimum atomic E-state index is -1.57. The summed E-state index contributed by atoms with van der Waals surface area (Å²) in [6.07, 6.45) is 4.49. The predicted molar refractivity (Wildman–Crippen MR) is 49.9 cm³/mol. The molecule has 2 rings (SSSR count). The van der Waals surface area contributed by atoms with Gasteiger partial charge in [0.05, 0.1) is 0 Å². The SMILES string of the molecule is C=C[C@@H]1CC(C)=C[C@H]2OS(=O)OC12. The molecule has 72 valence electrons. The van der Waals surface area contributed by atoms with E-state index in [1.807, 2.05) is 19.1 Å². The van der Waals surface area contributed by atoms with Crippen LogP contribution in [0.5, 0.6) is 0 Å². The molecule has 0 saturated carbocycles. The molecule has 1 heterocycles. The molecule has 0 amide bonds. The summed E-state index contributed by atoms with van der Waals surface area (Å²) in [5, 5.41) is 0. The van der Waals surface area contributed by atoms with Crippen molar-refractivity contribution in [1.82, 2.24) is 0 Å². The van der Waals surface area contributed by atoms with E-state index in [0.717, 1.165) is 6.42 Å². The highest BCUT2D eigenvalue weighted by Crippen LogP contribution is 2.34. The fourth-order valence-corrected chi connectivity index (χ4v) is 2.63. The lowest BCUT2D eigenvalue weighted by molar-refractivity contribution is 0.138. The van der Waals surface area contributed by atoms with E-state index in [2.05, 4.69) is 6.58 Å². The zero-order chi connectivity index (χ0) is 9.42. The summed E-state index contributed by atoms with van der Waals surface area (Å²) in [6, 6.07) is 0. The molecule has 0 bridgehead atoms. The topological polar surface area (TPSA) is 35.5 Å². The van der Waals surface area contributed by atoms with Gasteiger partial charge in [-0.1, -0.05) is 17.7 Å². The summed E-state index contributed by atoms with van der Waals surface area (Å²) in [4.78, 5) is 0. The molecule has 1 aliphatic carbocycles. The van der Waals surface area contributed by atoms with E-state index in [1.165, 1.54) is 5.57 Å². The van der Waals surface area contributed by atoms with Gasteiger partial charge in [-0.05, 0) is 13.3 Å². The maximum Gasteiger partial charge on any atom is 0.305 e. The second-order valence-corrected chi connectivity index (χ2v) is 4.24. The zero-order valence-corrected chi connectivity index (χ0v) is 8.25. The van der Waals surface area contributed by atoms with Gasteiger partial charge in [-0.15, -0.1) is 6.58 Å². The average Bonchev–Trinajstić information content (AvgIpc) is 2.43. The quantitative estimate of drug-likeness (QED) is 0.602. The Labute approximate surface area is 80.3 Å². The lowest BCUT2D eigenvalue weighted by Gasteiger charge is -2.25. The molecule has 1 saturated heterocycles. The first-order valence-electron chi connectivity index (χ1n) is 4.26. The van der Waals surface area contributed by atoms with Crippen molar-refractivity contribution in [3.63, 3.8) is 0 Å². The molecule has 1 aliphatic heterocycles. The van der Waals surface area contributed by atoms with Crippen LogP contribution < -0.4 is 0 Å². The number of allylic oxidation sites excluding steroid dienone is 1. The van der Waals surface area contributed by atoms with E-state index in [4.69, 9.17) is 8.37 Å². The highest BCUT2D eigenvalue weighted by atomic mass is 32.2. The number of hydrogen-bond acceptors (Lipinski definition) is 3. The Hall–Kier alpha value is -0.450. The van der Waals surface area contributed by atoms with Gasteiger partial charge in [0, 0.05) is 5.92 Å². The van der Waals surface area contributed by atoms with Gasteiger partial charge in [0.15, 0.2) is 0 Å². The number of fused-ring (bicyclic) bond motifs is 1. The van der Waals surface area contributed by atoms with E-state index in [0.29, 0.717) is 0 Å². The molecule has 0 N–H and O–H groups in total. The molecule has 0 aromatic carbocycles. The van der Waals surface area contributed by atoms with Crippen LogP contribution in [-0.2, 0) is 19.7 Å². The van der Waals surface area contributed by atoms with E-state index < -0.39 is 11.4 Å². The van der Waals surface area contributed by atoms with Crippen molar-refractivity contribution in [2.45, 2.75) is 25.6 Å². The van der Waals surface area contributed by atoms with Gasteiger partial charge in [0.25, 0.3) is 0 Å². The fourth-order valence-electron chi connectivity index (χ4n) is 1.81. The van der Waals surface area contributed by atoms with Gasteiger partial charge < -0.3 is 0 Å². The third-order valence-corrected chi connectivity index (χ3v) is 3.19. The molecule has 2 unspecified atom stereocenters. The molecule has 0 radical (unpaired) electrons. The summed E-state index contributed by atoms with van der Waals surface area (Å²) in [6.45, 7) is 5.78. The van der Waals surface area contributed by atoms with Crippen LogP contribution in [0.1, 0.15) is 13.3 Å². The van der Waals surface area contributed by atoms with Crippen molar-refractivity contribution in [3.8, 4) is 0 Å². The summed E-state index contributed by atoms with van der Waals surface area (Å²) < 4.78 is 21.2. The second-order valence-electron chi connectivity index (χ2n) is 3.44. The Kier molecular flexibility index (Phi) is 2.36. The second kappa shape index (κ2) is 3.36. The highest BCUT2D eigenvalue weighted by molar-refractivity contribution is 7.75. The van der Waals surface area contributed by atoms with E-state index in [-0.39, 0.29) is 18.1 Å². The minimum Gasteiger partial charge on any atom is -0.261 e. The smallest absolute Gasteiger partial charge is 0.261 e. The molecule has 2 aliphatic rings. The summed E-state index contributed by atoms with van der Waals surface area (Å²) >= 11 is -1.57. The zero-order valence-electron chi connectivity index (χ0n) is 7.43. The molecule has 13 heavy (non-hydrogen) atoms. The molecule has 4 atom stereocenters. The fraction of sp³-hybridized carbons (Fsp3) is 0.556. The molecule has 0 aromatic heterocycles. The lowest BCUT2D eigenvalue weighted by Crippen LogP contribution is -2.32. The summed E-state index contributed by atoms with van der Waals surface area (Å²) in [5.41, 5.74) is 1.24. The number of hydrogen-bond donors (Lipinski definition) is 0. The first-order valence-corrected chi connectivity index (χ1v) is 5.26. The van der Waals surface area contributed by atoms with Crippen molar-refractivity contribution in [1.29, 1.82) is 0 Å². The third-order valence-electron chi connectivity index (χ3n) is 2.43. The Morgan fingerprint density at radius 3 is 3.15 bits per heavy atom. The normalized spacial score (nSPS) is 43.9. The van der Waals surface area contributed by atoms with Crippen molar-refractivity contribution in [2.75, 3.05) is 0 Å². The third kappa shape index (κ3) is 1.61. The van der Waals surface area contributed by atoms with Crippen LogP contribution in [-0.4, -0.2) is 16.4 Å². The van der Waals surface area contributed by atoms with Crippen LogP contribution in [0.15, 0.2) is 24.3 Å². The first-order chi connectivity index (χ1) is 6.20. The van der Waals surface area contributed by atoms with Gasteiger partial charge in [-0.2, -0.15) is 4.21 Å². The van der Waals surface area contributed by atoms with Crippen molar-refractivity contribution in [2.24, 2.45) is 5.92 Å². The molecular weight excluding hydrogens is 188 g/mol. The van der Waals surface area contributed by atoms with E-state index in [9.17, 15) is 4.21 Å². The Morgan fingerprint density at radius 2 is 2.46 bits per heavy atom. The lowest BCUT2D eigenvalue weighted by atomic mass is 9.85. The molecule has 0 aromatic rings. The van der Waals surface area contributed by atoms with Gasteiger partial charge in [0.2, 0.25) is 0 Å². The average molecular weight is 200 g/mol. The van der Waals surface area contributed by atoms with Crippen LogP contribution in [0.2, 0.25) is 0 Å². The maximum atomic E-state index is 11.0. The summed E-state index contributed by atoms with van der Waals surface area (Å²) in [7, 11) is 0. The highest BCUT2D eigenvalue weighted by Gasteiger charge is 2.40. The Bertz CT molecular complexity index is 285. The molecule has 4 heteroatoms. The predicted octanol–water partition coefficient (Wildman–Crippen LogP) is 1.50. The molecule has 0 spiro atoms. The standard InChI is InChI=1S/C9H12O3S/c1-3-7-4-6(2)5-8-9(7)12-13(10)11-8/h3,5,7-9H,1,4H2,2H3/t7-,8-,9?,13?/m1/s1. The molecular formula is C9H12O3S. The van der Waals surface area contributed by atoms with Gasteiger partial charge in [-0.25, -0.2) is 0 Å². The number of rotatable bonds is 1. The van der Waals surface area contributed by atoms with Crippen LogP contribution in [0.25, 0.3) is 0 Å². The van der Waals surface area contributed by atoms with Gasteiger partial charge in [0.1, 0.15) is 12.2 Å². The minimum absolute atomic E-state index is 0.109. The van der Waals surface area contributed by atoms with Crippen LogP contribution >= 0.6 is 0 Å². The Morgan fingerprint density at radius 1 is 1.69 bits per heavy atom.